The molecule has 0 saturated carbocycles. The number of rotatable bonds is 8. The third-order valence-electron chi connectivity index (χ3n) is 2.75. The average Bonchev–Trinajstić information content (AvgIpc) is 2.39. The van der Waals surface area contributed by atoms with E-state index in [1.165, 1.54) is 0 Å². The van der Waals surface area contributed by atoms with E-state index in [4.69, 9.17) is 33.0 Å². The van der Waals surface area contributed by atoms with Gasteiger partial charge in [0.2, 0.25) is 0 Å². The summed E-state index contributed by atoms with van der Waals surface area (Å²) in [7, 11) is 1.56. The number of hydrogen-bond donors (Lipinski definition) is 2. The van der Waals surface area contributed by atoms with E-state index in [0.29, 0.717) is 22.3 Å². The van der Waals surface area contributed by atoms with Crippen LogP contribution in [0.25, 0.3) is 0 Å². The summed E-state index contributed by atoms with van der Waals surface area (Å²) in [5, 5.41) is 13.6. The maximum absolute atomic E-state index is 9.01. The zero-order valence-corrected chi connectivity index (χ0v) is 13.4. The van der Waals surface area contributed by atoms with Gasteiger partial charge in [0.15, 0.2) is 0 Å². The predicted molar refractivity (Wildman–Crippen MR) is 83.7 cm³/mol. The number of methoxy groups -OCH3 is 1. The molecule has 1 atom stereocenters. The Labute approximate surface area is 128 Å². The highest BCUT2D eigenvalue weighted by Gasteiger charge is 2.11. The fourth-order valence-electron chi connectivity index (χ4n) is 1.72. The number of nitrogens with one attached hydrogen (secondary N) is 1. The average molecular weight is 324 g/mol. The molecule has 0 aliphatic heterocycles. The monoisotopic (exact) mass is 323 g/mol. The maximum Gasteiger partial charge on any atom is 0.138 e. The van der Waals surface area contributed by atoms with Gasteiger partial charge in [-0.25, -0.2) is 0 Å². The molecule has 0 fully saturated rings. The molecule has 108 valence electrons. The third-order valence-corrected chi connectivity index (χ3v) is 4.13. The molecular formula is C13H19Cl2NO2S. The standard InChI is InChI=1S/C13H19Cl2NO2S/c1-18-13-6-11(14)9(5-12(13)15)7-16-10(3-4-17)8-19-2/h5-6,10,16-17H,3-4,7-8H2,1-2H3. The first-order valence-corrected chi connectivity index (χ1v) is 8.12. The molecule has 0 bridgehead atoms. The van der Waals surface area contributed by atoms with Crippen LogP contribution in [0.4, 0.5) is 0 Å². The minimum Gasteiger partial charge on any atom is -0.495 e. The molecule has 0 aromatic heterocycles. The van der Waals surface area contributed by atoms with Crippen LogP contribution >= 0.6 is 35.0 Å². The number of ether oxygens (including phenoxy) is 1. The Kier molecular flexibility index (Phi) is 7.95. The Bertz CT molecular complexity index is 398. The van der Waals surface area contributed by atoms with Crippen LogP contribution in [0.5, 0.6) is 5.75 Å². The summed E-state index contributed by atoms with van der Waals surface area (Å²) in [5.74, 6) is 1.52. The first-order valence-electron chi connectivity index (χ1n) is 5.97. The molecule has 1 aromatic rings. The molecule has 1 aromatic carbocycles. The van der Waals surface area contributed by atoms with Gasteiger partial charge in [-0.2, -0.15) is 11.8 Å². The summed E-state index contributed by atoms with van der Waals surface area (Å²) >= 11 is 14.0. The Balaban J connectivity index is 2.68. The van der Waals surface area contributed by atoms with Crippen LogP contribution in [-0.2, 0) is 6.54 Å². The van der Waals surface area contributed by atoms with Crippen LogP contribution in [0.1, 0.15) is 12.0 Å². The van der Waals surface area contributed by atoms with Crippen molar-refractivity contribution in [2.75, 3.05) is 25.7 Å². The van der Waals surface area contributed by atoms with Gasteiger partial charge < -0.3 is 15.2 Å². The number of aliphatic hydroxyl groups is 1. The second-order valence-corrected chi connectivity index (χ2v) is 5.85. The van der Waals surface area contributed by atoms with E-state index in [9.17, 15) is 0 Å². The Morgan fingerprint density at radius 3 is 2.68 bits per heavy atom. The van der Waals surface area contributed by atoms with Gasteiger partial charge in [-0.3, -0.25) is 0 Å². The lowest BCUT2D eigenvalue weighted by molar-refractivity contribution is 0.270. The molecule has 0 aliphatic carbocycles. The van der Waals surface area contributed by atoms with Gasteiger partial charge in [0, 0.05) is 36.0 Å². The van der Waals surface area contributed by atoms with Crippen molar-refractivity contribution in [2.24, 2.45) is 0 Å². The highest BCUT2D eigenvalue weighted by atomic mass is 35.5. The fraction of sp³-hybridized carbons (Fsp3) is 0.538. The lowest BCUT2D eigenvalue weighted by atomic mass is 10.2. The minimum absolute atomic E-state index is 0.176. The number of aliphatic hydroxyl groups excluding tert-OH is 1. The van der Waals surface area contributed by atoms with E-state index >= 15 is 0 Å². The highest BCUT2D eigenvalue weighted by molar-refractivity contribution is 7.98. The summed E-state index contributed by atoms with van der Waals surface area (Å²) in [4.78, 5) is 0. The zero-order chi connectivity index (χ0) is 14.3. The molecule has 1 unspecified atom stereocenters. The van der Waals surface area contributed by atoms with E-state index < -0.39 is 0 Å². The molecule has 0 heterocycles. The molecule has 0 spiro atoms. The van der Waals surface area contributed by atoms with Crippen molar-refractivity contribution < 1.29 is 9.84 Å². The quantitative estimate of drug-likeness (QED) is 0.770. The van der Waals surface area contributed by atoms with Gasteiger partial charge >= 0.3 is 0 Å². The molecule has 19 heavy (non-hydrogen) atoms. The predicted octanol–water partition coefficient (Wildman–Crippen LogP) is 3.21. The molecule has 2 N–H and O–H groups in total. The minimum atomic E-state index is 0.176. The maximum atomic E-state index is 9.01. The summed E-state index contributed by atoms with van der Waals surface area (Å²) < 4.78 is 5.11. The van der Waals surface area contributed by atoms with E-state index in [2.05, 4.69) is 5.32 Å². The summed E-state index contributed by atoms with van der Waals surface area (Å²) in [5.41, 5.74) is 0.927. The van der Waals surface area contributed by atoms with Crippen LogP contribution in [0.2, 0.25) is 10.0 Å². The summed E-state index contributed by atoms with van der Waals surface area (Å²) in [6.45, 7) is 0.795. The number of benzene rings is 1. The van der Waals surface area contributed by atoms with Gasteiger partial charge in [-0.05, 0) is 24.3 Å². The molecule has 0 radical (unpaired) electrons. The van der Waals surface area contributed by atoms with E-state index in [1.807, 2.05) is 12.3 Å². The normalized spacial score (nSPS) is 12.5. The largest absolute Gasteiger partial charge is 0.495 e. The molecule has 6 heteroatoms. The second kappa shape index (κ2) is 8.93. The third kappa shape index (κ3) is 5.40. The van der Waals surface area contributed by atoms with Crippen LogP contribution in [0.3, 0.4) is 0 Å². The van der Waals surface area contributed by atoms with Crippen molar-refractivity contribution in [3.8, 4) is 5.75 Å². The van der Waals surface area contributed by atoms with Crippen molar-refractivity contribution in [1.82, 2.24) is 5.32 Å². The van der Waals surface area contributed by atoms with E-state index in [1.54, 1.807) is 24.9 Å². The Hall–Kier alpha value is -0.130. The molecular weight excluding hydrogens is 305 g/mol. The fourth-order valence-corrected chi connectivity index (χ4v) is 2.89. The number of hydrogen-bond acceptors (Lipinski definition) is 4. The van der Waals surface area contributed by atoms with E-state index in [0.717, 1.165) is 17.7 Å². The van der Waals surface area contributed by atoms with Gasteiger partial charge in [-0.15, -0.1) is 0 Å². The lowest BCUT2D eigenvalue weighted by Crippen LogP contribution is -2.31. The van der Waals surface area contributed by atoms with Crippen LogP contribution in [-0.4, -0.2) is 36.9 Å². The van der Waals surface area contributed by atoms with Crippen molar-refractivity contribution in [2.45, 2.75) is 19.0 Å². The lowest BCUT2D eigenvalue weighted by Gasteiger charge is -2.17. The van der Waals surface area contributed by atoms with Crippen molar-refractivity contribution in [3.63, 3.8) is 0 Å². The first kappa shape index (κ1) is 16.9. The Morgan fingerprint density at radius 2 is 2.11 bits per heavy atom. The molecule has 1 rings (SSSR count). The van der Waals surface area contributed by atoms with Crippen LogP contribution < -0.4 is 10.1 Å². The second-order valence-electron chi connectivity index (χ2n) is 4.12. The van der Waals surface area contributed by atoms with E-state index in [-0.39, 0.29) is 12.6 Å². The number of thioether (sulfide) groups is 1. The van der Waals surface area contributed by atoms with Crippen LogP contribution in [0, 0.1) is 0 Å². The van der Waals surface area contributed by atoms with Crippen molar-refractivity contribution in [3.05, 3.63) is 27.7 Å². The van der Waals surface area contributed by atoms with Gasteiger partial charge in [-0.1, -0.05) is 23.2 Å². The topological polar surface area (TPSA) is 41.5 Å². The molecule has 3 nitrogen and oxygen atoms in total. The number of halogens is 2. The molecule has 0 saturated heterocycles. The van der Waals surface area contributed by atoms with Gasteiger partial charge in [0.1, 0.15) is 5.75 Å². The summed E-state index contributed by atoms with van der Waals surface area (Å²) in [6.07, 6.45) is 2.77. The van der Waals surface area contributed by atoms with Crippen molar-refractivity contribution >= 4 is 35.0 Å². The van der Waals surface area contributed by atoms with Crippen molar-refractivity contribution in [1.29, 1.82) is 0 Å². The Morgan fingerprint density at radius 1 is 1.37 bits per heavy atom. The van der Waals surface area contributed by atoms with Gasteiger partial charge in [0.25, 0.3) is 0 Å². The highest BCUT2D eigenvalue weighted by Crippen LogP contribution is 2.30. The molecule has 0 aliphatic rings. The molecule has 0 amide bonds. The smallest absolute Gasteiger partial charge is 0.138 e. The van der Waals surface area contributed by atoms with Gasteiger partial charge in [0.05, 0.1) is 12.1 Å². The SMILES string of the molecule is COc1cc(Cl)c(CNC(CCO)CSC)cc1Cl. The zero-order valence-electron chi connectivity index (χ0n) is 11.1. The first-order chi connectivity index (χ1) is 9.12. The van der Waals surface area contributed by atoms with Crippen LogP contribution in [0.15, 0.2) is 12.1 Å². The summed E-state index contributed by atoms with van der Waals surface area (Å²) in [6, 6.07) is 3.79.